The topological polar surface area (TPSA) is 115 Å². The van der Waals surface area contributed by atoms with Gasteiger partial charge in [-0.3, -0.25) is 0 Å². The van der Waals surface area contributed by atoms with E-state index in [9.17, 15) is 7.48 Å². The molecule has 0 aromatic rings. The Kier molecular flexibility index (Phi) is 5.84. The minimum absolute atomic E-state index is 0.915. The van der Waals surface area contributed by atoms with Crippen LogP contribution in [0.5, 0.6) is 0 Å². The SMILES string of the molecule is C[As](=O)(O)O.C[As](=O)(O)O. The van der Waals surface area contributed by atoms with E-state index in [-0.39, 0.29) is 0 Å². The monoisotopic (exact) mass is 280 g/mol. The van der Waals surface area contributed by atoms with E-state index in [0.29, 0.717) is 0 Å². The third-order valence-corrected chi connectivity index (χ3v) is 0. The summed E-state index contributed by atoms with van der Waals surface area (Å²) in [5.41, 5.74) is 1.83. The molecule has 0 saturated heterocycles. The van der Waals surface area contributed by atoms with Crippen LogP contribution in [0.15, 0.2) is 0 Å². The van der Waals surface area contributed by atoms with E-state index in [1.807, 2.05) is 0 Å². The molecule has 0 aromatic heterocycles. The molecule has 64 valence electrons. The van der Waals surface area contributed by atoms with Crippen LogP contribution >= 0.6 is 0 Å². The molecule has 0 bridgehead atoms. The Morgan fingerprint density at radius 3 is 0.800 bits per heavy atom. The van der Waals surface area contributed by atoms with Crippen molar-refractivity contribution in [2.24, 2.45) is 0 Å². The van der Waals surface area contributed by atoms with E-state index < -0.39 is 28.3 Å². The predicted molar refractivity (Wildman–Crippen MR) is 33.5 cm³/mol. The molecule has 0 atom stereocenters. The molecule has 6 nitrogen and oxygen atoms in total. The second kappa shape index (κ2) is 4.44. The Hall–Kier alpha value is 0.557. The standard InChI is InChI=1S/2CH5AsO3/c2*1-2(3,4)5/h2*1H3,(H2,3,4,5). The normalized spacial score (nSPS) is 11.8. The first-order valence-electron chi connectivity index (χ1n) is 2.06. The molecule has 0 radical (unpaired) electrons. The van der Waals surface area contributed by atoms with Crippen molar-refractivity contribution in [2.45, 2.75) is 11.4 Å². The van der Waals surface area contributed by atoms with Crippen LogP contribution < -0.4 is 0 Å². The minimum atomic E-state index is -4.12. The molecule has 0 aliphatic heterocycles. The van der Waals surface area contributed by atoms with Gasteiger partial charge in [-0.15, -0.1) is 0 Å². The van der Waals surface area contributed by atoms with Gasteiger partial charge in [0.05, 0.1) is 0 Å². The molecule has 0 amide bonds. The van der Waals surface area contributed by atoms with Crippen LogP contribution in [-0.4, -0.2) is 44.7 Å². The second-order valence-corrected chi connectivity index (χ2v) is 8.68. The Morgan fingerprint density at radius 1 is 0.800 bits per heavy atom. The molecule has 0 rings (SSSR count). The van der Waals surface area contributed by atoms with E-state index >= 15 is 0 Å². The van der Waals surface area contributed by atoms with Gasteiger partial charge < -0.3 is 0 Å². The number of rotatable bonds is 0. The number of hydrogen-bond donors (Lipinski definition) is 4. The van der Waals surface area contributed by atoms with Crippen molar-refractivity contribution in [2.75, 3.05) is 0 Å². The van der Waals surface area contributed by atoms with Crippen molar-refractivity contribution in [1.29, 1.82) is 0 Å². The molecular formula is C2H10As2O6. The fourth-order valence-corrected chi connectivity index (χ4v) is 0. The van der Waals surface area contributed by atoms with Gasteiger partial charge in [0.1, 0.15) is 0 Å². The molecule has 4 N–H and O–H groups in total. The molecule has 0 unspecified atom stereocenters. The summed E-state index contributed by atoms with van der Waals surface area (Å²) in [6, 6.07) is 0. The summed E-state index contributed by atoms with van der Waals surface area (Å²) in [5, 5.41) is 0. The summed E-state index contributed by atoms with van der Waals surface area (Å²) in [6.07, 6.45) is 0. The molecule has 0 fully saturated rings. The van der Waals surface area contributed by atoms with Crippen LogP contribution in [0, 0.1) is 0 Å². The summed E-state index contributed by atoms with van der Waals surface area (Å²) in [7, 11) is 0. The Bertz CT molecular complexity index is 126. The van der Waals surface area contributed by atoms with E-state index in [1.165, 1.54) is 0 Å². The van der Waals surface area contributed by atoms with Gasteiger partial charge in [-0.1, -0.05) is 0 Å². The Labute approximate surface area is 63.9 Å². The second-order valence-electron chi connectivity index (χ2n) is 1.67. The maximum atomic E-state index is 9.39. The van der Waals surface area contributed by atoms with Crippen LogP contribution in [0.1, 0.15) is 0 Å². The van der Waals surface area contributed by atoms with Gasteiger partial charge in [0, 0.05) is 0 Å². The van der Waals surface area contributed by atoms with Gasteiger partial charge in [0.2, 0.25) is 0 Å². The van der Waals surface area contributed by atoms with E-state index in [2.05, 4.69) is 0 Å². The molecule has 0 aliphatic carbocycles. The molecule has 0 aromatic carbocycles. The average Bonchev–Trinajstić information content (AvgIpc) is 1.12. The summed E-state index contributed by atoms with van der Waals surface area (Å²) < 4.78 is 49.5. The van der Waals surface area contributed by atoms with Gasteiger partial charge in [-0.2, -0.15) is 0 Å². The molecule has 8 heteroatoms. The molecule has 0 heterocycles. The Balaban J connectivity index is 0. The van der Waals surface area contributed by atoms with E-state index in [4.69, 9.17) is 16.4 Å². The van der Waals surface area contributed by atoms with Gasteiger partial charge in [0.15, 0.2) is 0 Å². The summed E-state index contributed by atoms with van der Waals surface area (Å²) in [6.45, 7) is 0. The number of hydrogen-bond acceptors (Lipinski definition) is 2. The van der Waals surface area contributed by atoms with E-state index in [0.717, 1.165) is 11.4 Å². The summed E-state index contributed by atoms with van der Waals surface area (Å²) in [4.78, 5) is 0. The molecular weight excluding hydrogens is 270 g/mol. The average molecular weight is 280 g/mol. The van der Waals surface area contributed by atoms with Gasteiger partial charge >= 0.3 is 63.6 Å². The van der Waals surface area contributed by atoms with Gasteiger partial charge in [-0.25, -0.2) is 0 Å². The summed E-state index contributed by atoms with van der Waals surface area (Å²) in [5.74, 6) is 0. The molecule has 0 aliphatic rings. The van der Waals surface area contributed by atoms with Crippen LogP contribution in [0.2, 0.25) is 11.4 Å². The maximum absolute atomic E-state index is 9.39. The quantitative estimate of drug-likeness (QED) is 0.379. The zero-order valence-electron chi connectivity index (χ0n) is 5.50. The first-order valence-corrected chi connectivity index (χ1v) is 10.7. The van der Waals surface area contributed by atoms with Crippen molar-refractivity contribution >= 4 is 28.3 Å². The third-order valence-electron chi connectivity index (χ3n) is 0. The third kappa shape index (κ3) is 1580. The Morgan fingerprint density at radius 2 is 0.800 bits per heavy atom. The van der Waals surface area contributed by atoms with Crippen molar-refractivity contribution in [3.63, 3.8) is 0 Å². The van der Waals surface area contributed by atoms with Crippen LogP contribution in [0.25, 0.3) is 0 Å². The molecule has 0 saturated carbocycles. The zero-order valence-corrected chi connectivity index (χ0v) is 9.25. The van der Waals surface area contributed by atoms with Gasteiger partial charge in [-0.05, 0) is 0 Å². The van der Waals surface area contributed by atoms with Crippen molar-refractivity contribution in [3.8, 4) is 0 Å². The fourth-order valence-electron chi connectivity index (χ4n) is 0. The van der Waals surface area contributed by atoms with Crippen molar-refractivity contribution in [3.05, 3.63) is 0 Å². The summed E-state index contributed by atoms with van der Waals surface area (Å²) >= 11 is -8.25. The zero-order chi connectivity index (χ0) is 9.00. The van der Waals surface area contributed by atoms with Gasteiger partial charge in [0.25, 0.3) is 0 Å². The first kappa shape index (κ1) is 13.2. The fraction of sp³-hybridized carbons (Fsp3) is 1.00. The van der Waals surface area contributed by atoms with Crippen molar-refractivity contribution in [1.82, 2.24) is 0 Å². The van der Waals surface area contributed by atoms with Crippen LogP contribution in [0.4, 0.5) is 0 Å². The molecule has 0 spiro atoms. The van der Waals surface area contributed by atoms with Crippen LogP contribution in [-0.2, 0) is 7.48 Å². The predicted octanol–water partition coefficient (Wildman–Crippen LogP) is -2.06. The van der Waals surface area contributed by atoms with Crippen LogP contribution in [0.3, 0.4) is 0 Å². The van der Waals surface area contributed by atoms with E-state index in [1.54, 1.807) is 0 Å². The first-order chi connectivity index (χ1) is 4.00. The molecule has 10 heavy (non-hydrogen) atoms. The van der Waals surface area contributed by atoms with Crippen molar-refractivity contribution < 1.29 is 23.9 Å².